The van der Waals surface area contributed by atoms with Crippen LogP contribution >= 0.6 is 0 Å². The van der Waals surface area contributed by atoms with Crippen molar-refractivity contribution < 1.29 is 14.6 Å². The van der Waals surface area contributed by atoms with E-state index in [0.717, 1.165) is 12.8 Å². The van der Waals surface area contributed by atoms with Gasteiger partial charge in [-0.1, -0.05) is 13.8 Å². The molecule has 1 aliphatic heterocycles. The van der Waals surface area contributed by atoms with Crippen LogP contribution in [-0.4, -0.2) is 42.9 Å². The monoisotopic (exact) mass is 286 g/mol. The zero-order chi connectivity index (χ0) is 15.0. The Morgan fingerprint density at radius 1 is 1.35 bits per heavy atom. The topological polar surface area (TPSA) is 84.6 Å². The zero-order valence-corrected chi connectivity index (χ0v) is 12.9. The molecule has 1 fully saturated rings. The molecule has 0 radical (unpaired) electrons. The Labute approximate surface area is 122 Å². The summed E-state index contributed by atoms with van der Waals surface area (Å²) in [5.41, 5.74) is 4.81. The number of hydrogen-bond acceptors (Lipinski definition) is 4. The largest absolute Gasteiger partial charge is 0.388 e. The van der Waals surface area contributed by atoms with Gasteiger partial charge in [-0.2, -0.15) is 0 Å². The fraction of sp³-hybridized carbons (Fsp3) is 0.933. The first-order valence-corrected chi connectivity index (χ1v) is 7.74. The maximum absolute atomic E-state index is 11.9. The molecule has 4 N–H and O–H groups in total. The number of nitrogens with two attached hydrogens (primary N) is 1. The van der Waals surface area contributed by atoms with Gasteiger partial charge in [-0.05, 0) is 31.2 Å². The van der Waals surface area contributed by atoms with Crippen LogP contribution in [-0.2, 0) is 9.53 Å². The molecule has 1 rings (SSSR count). The Bertz CT molecular complexity index is 289. The number of nitrogens with one attached hydrogen (secondary N) is 1. The lowest BCUT2D eigenvalue weighted by Gasteiger charge is -2.32. The van der Waals surface area contributed by atoms with Crippen LogP contribution in [0.1, 0.15) is 46.0 Å². The van der Waals surface area contributed by atoms with Crippen molar-refractivity contribution in [3.63, 3.8) is 0 Å². The second-order valence-electron chi connectivity index (χ2n) is 6.23. The summed E-state index contributed by atoms with van der Waals surface area (Å²) in [6.45, 7) is 6.48. The van der Waals surface area contributed by atoms with Crippen LogP contribution in [0, 0.1) is 11.8 Å². The average molecular weight is 286 g/mol. The zero-order valence-electron chi connectivity index (χ0n) is 12.9. The predicted octanol–water partition coefficient (Wildman–Crippen LogP) is 1.05. The van der Waals surface area contributed by atoms with E-state index in [1.165, 1.54) is 0 Å². The van der Waals surface area contributed by atoms with E-state index in [1.54, 1.807) is 0 Å². The third-order valence-corrected chi connectivity index (χ3v) is 4.26. The number of carbonyl (C=O) groups excluding carboxylic acids is 1. The molecule has 0 aromatic rings. The Hall–Kier alpha value is -0.650. The summed E-state index contributed by atoms with van der Waals surface area (Å²) in [6.07, 6.45) is 3.52. The van der Waals surface area contributed by atoms with Crippen molar-refractivity contribution in [2.45, 2.75) is 51.6 Å². The molecular weight excluding hydrogens is 256 g/mol. The van der Waals surface area contributed by atoms with Crippen LogP contribution in [0.25, 0.3) is 0 Å². The highest BCUT2D eigenvalue weighted by atomic mass is 16.5. The quantitative estimate of drug-likeness (QED) is 0.622. The Morgan fingerprint density at radius 3 is 2.55 bits per heavy atom. The van der Waals surface area contributed by atoms with E-state index in [4.69, 9.17) is 10.5 Å². The van der Waals surface area contributed by atoms with E-state index >= 15 is 0 Å². The summed E-state index contributed by atoms with van der Waals surface area (Å²) in [5.74, 6) is 1.07. The molecule has 1 amide bonds. The molecule has 0 saturated carbocycles. The van der Waals surface area contributed by atoms with Crippen molar-refractivity contribution in [2.75, 3.05) is 26.3 Å². The van der Waals surface area contributed by atoms with E-state index in [0.29, 0.717) is 57.4 Å². The third kappa shape index (κ3) is 6.20. The highest BCUT2D eigenvalue weighted by molar-refractivity contribution is 5.75. The molecule has 1 unspecified atom stereocenters. The number of rotatable bonds is 8. The fourth-order valence-corrected chi connectivity index (χ4v) is 2.62. The van der Waals surface area contributed by atoms with Gasteiger partial charge < -0.3 is 20.9 Å². The van der Waals surface area contributed by atoms with Gasteiger partial charge >= 0.3 is 0 Å². The lowest BCUT2D eigenvalue weighted by molar-refractivity contribution is -0.124. The summed E-state index contributed by atoms with van der Waals surface area (Å²) >= 11 is 0. The Balaban J connectivity index is 2.25. The maximum atomic E-state index is 11.9. The average Bonchev–Trinajstić information content (AvgIpc) is 2.42. The van der Waals surface area contributed by atoms with Crippen molar-refractivity contribution in [1.29, 1.82) is 0 Å². The highest BCUT2D eigenvalue weighted by Gasteiger charge is 2.30. The number of aliphatic hydroxyl groups is 1. The van der Waals surface area contributed by atoms with E-state index in [2.05, 4.69) is 19.2 Å². The molecular formula is C15H30N2O3. The molecule has 20 heavy (non-hydrogen) atoms. The van der Waals surface area contributed by atoms with Gasteiger partial charge in [0.1, 0.15) is 0 Å². The van der Waals surface area contributed by atoms with Crippen LogP contribution in [0.2, 0.25) is 0 Å². The van der Waals surface area contributed by atoms with Gasteiger partial charge in [0, 0.05) is 39.0 Å². The van der Waals surface area contributed by atoms with Crippen LogP contribution < -0.4 is 11.1 Å². The molecule has 5 heteroatoms. The molecule has 0 bridgehead atoms. The standard InChI is InChI=1S/C15H30N2O3/c1-12(2)13(5-8-16)3-4-14(18)17-11-15(19)6-9-20-10-7-15/h12-13,19H,3-11,16H2,1-2H3,(H,17,18). The summed E-state index contributed by atoms with van der Waals surface area (Å²) in [7, 11) is 0. The van der Waals surface area contributed by atoms with Crippen LogP contribution in [0.5, 0.6) is 0 Å². The van der Waals surface area contributed by atoms with E-state index in [1.807, 2.05) is 0 Å². The molecule has 0 aromatic heterocycles. The molecule has 1 aliphatic rings. The van der Waals surface area contributed by atoms with Crippen LogP contribution in [0.15, 0.2) is 0 Å². The molecule has 0 aromatic carbocycles. The molecule has 1 heterocycles. The fourth-order valence-electron chi connectivity index (χ4n) is 2.62. The Kier molecular flexibility index (Phi) is 7.48. The van der Waals surface area contributed by atoms with Crippen LogP contribution in [0.4, 0.5) is 0 Å². The van der Waals surface area contributed by atoms with Gasteiger partial charge in [-0.25, -0.2) is 0 Å². The minimum Gasteiger partial charge on any atom is -0.388 e. The first kappa shape index (κ1) is 17.4. The van der Waals surface area contributed by atoms with Crippen molar-refractivity contribution in [2.24, 2.45) is 17.6 Å². The summed E-state index contributed by atoms with van der Waals surface area (Å²) in [4.78, 5) is 11.9. The second kappa shape index (κ2) is 8.60. The van der Waals surface area contributed by atoms with E-state index in [9.17, 15) is 9.90 Å². The number of hydrogen-bond donors (Lipinski definition) is 3. The molecule has 0 spiro atoms. The third-order valence-electron chi connectivity index (χ3n) is 4.26. The SMILES string of the molecule is CC(C)C(CCN)CCC(=O)NCC1(O)CCOCC1. The summed E-state index contributed by atoms with van der Waals surface area (Å²) < 4.78 is 5.22. The molecule has 0 aliphatic carbocycles. The maximum Gasteiger partial charge on any atom is 0.220 e. The first-order chi connectivity index (χ1) is 9.47. The predicted molar refractivity (Wildman–Crippen MR) is 79.2 cm³/mol. The van der Waals surface area contributed by atoms with Crippen molar-refractivity contribution >= 4 is 5.91 Å². The number of carbonyl (C=O) groups is 1. The van der Waals surface area contributed by atoms with Crippen molar-refractivity contribution in [3.05, 3.63) is 0 Å². The Morgan fingerprint density at radius 2 is 2.00 bits per heavy atom. The van der Waals surface area contributed by atoms with Gasteiger partial charge in [0.25, 0.3) is 0 Å². The lowest BCUT2D eigenvalue weighted by Crippen LogP contribution is -2.46. The van der Waals surface area contributed by atoms with Gasteiger partial charge in [0.05, 0.1) is 5.60 Å². The van der Waals surface area contributed by atoms with Gasteiger partial charge in [-0.15, -0.1) is 0 Å². The van der Waals surface area contributed by atoms with E-state index in [-0.39, 0.29) is 5.91 Å². The lowest BCUT2D eigenvalue weighted by atomic mass is 9.88. The number of ether oxygens (including phenoxy) is 1. The van der Waals surface area contributed by atoms with Crippen molar-refractivity contribution in [3.8, 4) is 0 Å². The normalized spacial score (nSPS) is 19.9. The highest BCUT2D eigenvalue weighted by Crippen LogP contribution is 2.21. The molecule has 1 saturated heterocycles. The number of amides is 1. The molecule has 118 valence electrons. The van der Waals surface area contributed by atoms with Gasteiger partial charge in [0.2, 0.25) is 5.91 Å². The van der Waals surface area contributed by atoms with E-state index < -0.39 is 5.60 Å². The van der Waals surface area contributed by atoms with Crippen molar-refractivity contribution in [1.82, 2.24) is 5.32 Å². The summed E-state index contributed by atoms with van der Waals surface area (Å²) in [5, 5.41) is 13.1. The van der Waals surface area contributed by atoms with Gasteiger partial charge in [-0.3, -0.25) is 4.79 Å². The molecule has 1 atom stereocenters. The second-order valence-corrected chi connectivity index (χ2v) is 6.23. The smallest absolute Gasteiger partial charge is 0.220 e. The van der Waals surface area contributed by atoms with Gasteiger partial charge in [0.15, 0.2) is 0 Å². The summed E-state index contributed by atoms with van der Waals surface area (Å²) in [6, 6.07) is 0. The first-order valence-electron chi connectivity index (χ1n) is 7.74. The minimum atomic E-state index is -0.789. The molecule has 5 nitrogen and oxygen atoms in total. The van der Waals surface area contributed by atoms with Crippen LogP contribution in [0.3, 0.4) is 0 Å². The minimum absolute atomic E-state index is 0.0209.